The fourth-order valence-electron chi connectivity index (χ4n) is 2.16. The third kappa shape index (κ3) is 3.15. The Morgan fingerprint density at radius 2 is 2.37 bits per heavy atom. The van der Waals surface area contributed by atoms with Gasteiger partial charge in [-0.2, -0.15) is 11.8 Å². The first-order chi connectivity index (χ1) is 9.15. The van der Waals surface area contributed by atoms with Gasteiger partial charge in [0.1, 0.15) is 0 Å². The van der Waals surface area contributed by atoms with Crippen molar-refractivity contribution in [3.63, 3.8) is 0 Å². The number of ether oxygens (including phenoxy) is 1. The largest absolute Gasteiger partial charge is 0.504 e. The zero-order valence-corrected chi connectivity index (χ0v) is 12.1. The Balaban J connectivity index is 2.12. The van der Waals surface area contributed by atoms with Crippen LogP contribution in [0.2, 0.25) is 0 Å². The second-order valence-corrected chi connectivity index (χ2v) is 5.95. The van der Waals surface area contributed by atoms with Crippen LogP contribution in [0.25, 0.3) is 0 Å². The molecule has 1 aliphatic heterocycles. The van der Waals surface area contributed by atoms with Gasteiger partial charge in [0, 0.05) is 29.7 Å². The molecule has 0 saturated carbocycles. The van der Waals surface area contributed by atoms with Gasteiger partial charge in [-0.25, -0.2) is 0 Å². The third-order valence-electron chi connectivity index (χ3n) is 3.31. The number of amides is 1. The first-order valence-corrected chi connectivity index (χ1v) is 7.48. The summed E-state index contributed by atoms with van der Waals surface area (Å²) in [5.41, 5.74) is 0.514. The molecule has 0 aliphatic carbocycles. The summed E-state index contributed by atoms with van der Waals surface area (Å²) < 4.78 is 4.98. The Kier molecular flexibility index (Phi) is 4.58. The van der Waals surface area contributed by atoms with Crippen LogP contribution < -0.4 is 4.74 Å². The summed E-state index contributed by atoms with van der Waals surface area (Å²) in [6, 6.07) is 4.80. The summed E-state index contributed by atoms with van der Waals surface area (Å²) in [6.45, 7) is 3.70. The van der Waals surface area contributed by atoms with Crippen LogP contribution in [0.1, 0.15) is 23.7 Å². The van der Waals surface area contributed by atoms with E-state index in [-0.39, 0.29) is 11.7 Å². The van der Waals surface area contributed by atoms with Gasteiger partial charge in [0.15, 0.2) is 11.5 Å². The average Bonchev–Trinajstić information content (AvgIpc) is 2.46. The fraction of sp³-hybridized carbons (Fsp3) is 0.500. The van der Waals surface area contributed by atoms with E-state index >= 15 is 0 Å². The summed E-state index contributed by atoms with van der Waals surface area (Å²) >= 11 is 1.93. The van der Waals surface area contributed by atoms with Gasteiger partial charge in [-0.1, -0.05) is 6.92 Å². The van der Waals surface area contributed by atoms with E-state index < -0.39 is 0 Å². The molecular weight excluding hydrogens is 262 g/mol. The molecule has 1 saturated heterocycles. The molecule has 1 N–H and O–H groups in total. The Morgan fingerprint density at radius 1 is 1.58 bits per heavy atom. The second kappa shape index (κ2) is 6.19. The molecule has 1 aliphatic rings. The minimum Gasteiger partial charge on any atom is -0.504 e. The zero-order chi connectivity index (χ0) is 13.8. The number of methoxy groups -OCH3 is 1. The Hall–Kier alpha value is -1.36. The number of aromatic hydroxyl groups is 1. The quantitative estimate of drug-likeness (QED) is 0.924. The topological polar surface area (TPSA) is 49.8 Å². The highest BCUT2D eigenvalue weighted by Crippen LogP contribution is 2.28. The van der Waals surface area contributed by atoms with Crippen molar-refractivity contribution in [1.82, 2.24) is 4.90 Å². The van der Waals surface area contributed by atoms with E-state index in [0.717, 1.165) is 25.3 Å². The molecule has 104 valence electrons. The number of carbonyl (C=O) groups is 1. The summed E-state index contributed by atoms with van der Waals surface area (Å²) in [5, 5.41) is 10.3. The van der Waals surface area contributed by atoms with E-state index in [1.807, 2.05) is 16.7 Å². The third-order valence-corrected chi connectivity index (χ3v) is 4.68. The van der Waals surface area contributed by atoms with Crippen LogP contribution in [0.4, 0.5) is 0 Å². The Morgan fingerprint density at radius 3 is 3.00 bits per heavy atom. The van der Waals surface area contributed by atoms with Crippen LogP contribution in [0.5, 0.6) is 11.5 Å². The Labute approximate surface area is 117 Å². The van der Waals surface area contributed by atoms with Crippen LogP contribution in [-0.2, 0) is 0 Å². The lowest BCUT2D eigenvalue weighted by atomic mass is 10.1. The average molecular weight is 281 g/mol. The lowest BCUT2D eigenvalue weighted by Gasteiger charge is -2.32. The van der Waals surface area contributed by atoms with Gasteiger partial charge in [-0.05, 0) is 24.6 Å². The SMILES string of the molecule is CCC1CN(C(=O)c2ccc(OC)c(O)c2)CCS1. The van der Waals surface area contributed by atoms with Crippen LogP contribution >= 0.6 is 11.8 Å². The van der Waals surface area contributed by atoms with Gasteiger partial charge in [0.05, 0.1) is 7.11 Å². The van der Waals surface area contributed by atoms with E-state index in [1.165, 1.54) is 13.2 Å². The summed E-state index contributed by atoms with van der Waals surface area (Å²) in [6.07, 6.45) is 1.07. The molecule has 0 radical (unpaired) electrons. The molecule has 2 rings (SSSR count). The highest BCUT2D eigenvalue weighted by atomic mass is 32.2. The first kappa shape index (κ1) is 14.1. The monoisotopic (exact) mass is 281 g/mol. The molecule has 1 amide bonds. The van der Waals surface area contributed by atoms with Crippen molar-refractivity contribution >= 4 is 17.7 Å². The van der Waals surface area contributed by atoms with Crippen molar-refractivity contribution in [2.75, 3.05) is 26.0 Å². The molecule has 1 aromatic carbocycles. The molecule has 1 heterocycles. The number of rotatable bonds is 3. The summed E-state index contributed by atoms with van der Waals surface area (Å²) in [7, 11) is 1.49. The van der Waals surface area contributed by atoms with E-state index in [0.29, 0.717) is 16.6 Å². The lowest BCUT2D eigenvalue weighted by molar-refractivity contribution is 0.0760. The maximum absolute atomic E-state index is 12.4. The minimum absolute atomic E-state index is 0.00627. The van der Waals surface area contributed by atoms with Crippen LogP contribution in [-0.4, -0.2) is 47.1 Å². The number of benzene rings is 1. The number of phenolic OH excluding ortho intramolecular Hbond substituents is 1. The maximum Gasteiger partial charge on any atom is 0.254 e. The van der Waals surface area contributed by atoms with Crippen LogP contribution in [0.15, 0.2) is 18.2 Å². The van der Waals surface area contributed by atoms with Crippen LogP contribution in [0.3, 0.4) is 0 Å². The van der Waals surface area contributed by atoms with Gasteiger partial charge < -0.3 is 14.7 Å². The number of thioether (sulfide) groups is 1. The fourth-order valence-corrected chi connectivity index (χ4v) is 3.34. The van der Waals surface area contributed by atoms with Crippen molar-refractivity contribution in [3.8, 4) is 11.5 Å². The van der Waals surface area contributed by atoms with E-state index in [1.54, 1.807) is 12.1 Å². The second-order valence-electron chi connectivity index (χ2n) is 4.54. The summed E-state index contributed by atoms with van der Waals surface area (Å²) in [5.74, 6) is 1.35. The van der Waals surface area contributed by atoms with Gasteiger partial charge in [-0.15, -0.1) is 0 Å². The van der Waals surface area contributed by atoms with E-state index in [2.05, 4.69) is 6.92 Å². The molecule has 1 aromatic rings. The molecule has 1 unspecified atom stereocenters. The molecule has 0 spiro atoms. The highest BCUT2D eigenvalue weighted by molar-refractivity contribution is 8.00. The van der Waals surface area contributed by atoms with Crippen molar-refractivity contribution in [3.05, 3.63) is 23.8 Å². The summed E-state index contributed by atoms with van der Waals surface area (Å²) in [4.78, 5) is 14.2. The maximum atomic E-state index is 12.4. The number of carbonyl (C=O) groups excluding carboxylic acids is 1. The normalized spacial score (nSPS) is 19.3. The molecule has 0 bridgehead atoms. The number of nitrogens with zero attached hydrogens (tertiary/aromatic N) is 1. The number of hydrogen-bond donors (Lipinski definition) is 1. The first-order valence-electron chi connectivity index (χ1n) is 6.43. The molecule has 0 aromatic heterocycles. The van der Waals surface area contributed by atoms with Gasteiger partial charge >= 0.3 is 0 Å². The molecule has 19 heavy (non-hydrogen) atoms. The van der Waals surface area contributed by atoms with Gasteiger partial charge in [0.25, 0.3) is 5.91 Å². The van der Waals surface area contributed by atoms with Crippen molar-refractivity contribution < 1.29 is 14.6 Å². The number of hydrogen-bond acceptors (Lipinski definition) is 4. The van der Waals surface area contributed by atoms with Gasteiger partial charge in [-0.3, -0.25) is 4.79 Å². The smallest absolute Gasteiger partial charge is 0.254 e. The van der Waals surface area contributed by atoms with Crippen molar-refractivity contribution in [2.24, 2.45) is 0 Å². The molecule has 4 nitrogen and oxygen atoms in total. The lowest BCUT2D eigenvalue weighted by Crippen LogP contribution is -2.41. The van der Waals surface area contributed by atoms with Gasteiger partial charge in [0.2, 0.25) is 0 Å². The predicted octanol–water partition coefficient (Wildman–Crippen LogP) is 2.37. The van der Waals surface area contributed by atoms with Crippen molar-refractivity contribution in [1.29, 1.82) is 0 Å². The predicted molar refractivity (Wildman–Crippen MR) is 77.1 cm³/mol. The minimum atomic E-state index is -0.0169. The zero-order valence-electron chi connectivity index (χ0n) is 11.3. The van der Waals surface area contributed by atoms with Crippen LogP contribution in [0, 0.1) is 0 Å². The molecule has 1 fully saturated rings. The Bertz CT molecular complexity index is 464. The molecular formula is C14H19NO3S. The van der Waals surface area contributed by atoms with E-state index in [9.17, 15) is 9.90 Å². The van der Waals surface area contributed by atoms with E-state index in [4.69, 9.17) is 4.74 Å². The highest BCUT2D eigenvalue weighted by Gasteiger charge is 2.24. The number of phenols is 1. The molecule has 5 heteroatoms. The standard InChI is InChI=1S/C14H19NO3S/c1-3-11-9-15(6-7-19-11)14(17)10-4-5-13(18-2)12(16)8-10/h4-5,8,11,16H,3,6-7,9H2,1-2H3. The molecule has 1 atom stereocenters. The van der Waals surface area contributed by atoms with Crippen molar-refractivity contribution in [2.45, 2.75) is 18.6 Å².